The molecule has 4 heteroatoms. The summed E-state index contributed by atoms with van der Waals surface area (Å²) in [5.74, 6) is 0.680. The highest BCUT2D eigenvalue weighted by Gasteiger charge is 2.03. The van der Waals surface area contributed by atoms with E-state index in [1.54, 1.807) is 18.7 Å². The molecule has 0 spiro atoms. The SMILES string of the molecule is Cc1nc(-c2ccc(NCc3ccncc3)cc2)co1. The molecule has 0 aliphatic carbocycles. The molecule has 0 fully saturated rings. The van der Waals surface area contributed by atoms with E-state index in [2.05, 4.69) is 15.3 Å². The summed E-state index contributed by atoms with van der Waals surface area (Å²) < 4.78 is 5.22. The molecule has 1 N–H and O–H groups in total. The van der Waals surface area contributed by atoms with Crippen molar-refractivity contribution < 1.29 is 4.42 Å². The van der Waals surface area contributed by atoms with Crippen LogP contribution in [0.4, 0.5) is 5.69 Å². The maximum atomic E-state index is 5.22. The van der Waals surface area contributed by atoms with Crippen molar-refractivity contribution in [3.8, 4) is 11.3 Å². The summed E-state index contributed by atoms with van der Waals surface area (Å²) in [6, 6.07) is 12.2. The minimum atomic E-state index is 0.680. The number of nitrogens with zero attached hydrogens (tertiary/aromatic N) is 2. The van der Waals surface area contributed by atoms with Crippen molar-refractivity contribution in [3.05, 3.63) is 66.5 Å². The topological polar surface area (TPSA) is 51.0 Å². The van der Waals surface area contributed by atoms with Gasteiger partial charge in [0.05, 0.1) is 0 Å². The zero-order chi connectivity index (χ0) is 13.8. The molecule has 0 saturated heterocycles. The summed E-state index contributed by atoms with van der Waals surface area (Å²) in [4.78, 5) is 8.31. The summed E-state index contributed by atoms with van der Waals surface area (Å²) in [7, 11) is 0. The quantitative estimate of drug-likeness (QED) is 0.782. The number of aryl methyl sites for hydroxylation is 1. The van der Waals surface area contributed by atoms with Gasteiger partial charge in [-0.25, -0.2) is 4.98 Å². The fourth-order valence-corrected chi connectivity index (χ4v) is 1.96. The Hall–Kier alpha value is -2.62. The molecule has 0 unspecified atom stereocenters. The first-order chi connectivity index (χ1) is 9.81. The average molecular weight is 265 g/mol. The highest BCUT2D eigenvalue weighted by atomic mass is 16.3. The highest BCUT2D eigenvalue weighted by molar-refractivity contribution is 5.61. The van der Waals surface area contributed by atoms with E-state index >= 15 is 0 Å². The molecular weight excluding hydrogens is 250 g/mol. The third-order valence-electron chi connectivity index (χ3n) is 3.05. The molecule has 0 aliphatic rings. The number of pyridine rings is 1. The van der Waals surface area contributed by atoms with Gasteiger partial charge < -0.3 is 9.73 Å². The van der Waals surface area contributed by atoms with E-state index in [1.807, 2.05) is 43.3 Å². The van der Waals surface area contributed by atoms with Crippen LogP contribution in [0.3, 0.4) is 0 Å². The summed E-state index contributed by atoms with van der Waals surface area (Å²) in [5, 5.41) is 3.37. The van der Waals surface area contributed by atoms with Gasteiger partial charge in [-0.2, -0.15) is 0 Å². The van der Waals surface area contributed by atoms with Crippen LogP contribution in [0.25, 0.3) is 11.3 Å². The molecule has 0 atom stereocenters. The van der Waals surface area contributed by atoms with Crippen molar-refractivity contribution in [3.63, 3.8) is 0 Å². The Kier molecular flexibility index (Phi) is 3.46. The molecule has 2 heterocycles. The van der Waals surface area contributed by atoms with Crippen molar-refractivity contribution in [1.82, 2.24) is 9.97 Å². The highest BCUT2D eigenvalue weighted by Crippen LogP contribution is 2.20. The Morgan fingerprint density at radius 1 is 1.05 bits per heavy atom. The second-order valence-corrected chi connectivity index (χ2v) is 4.54. The fourth-order valence-electron chi connectivity index (χ4n) is 1.96. The van der Waals surface area contributed by atoms with Crippen LogP contribution in [0.15, 0.2) is 59.5 Å². The van der Waals surface area contributed by atoms with Gasteiger partial charge in [0.25, 0.3) is 0 Å². The number of anilines is 1. The van der Waals surface area contributed by atoms with Crippen molar-refractivity contribution in [2.75, 3.05) is 5.32 Å². The summed E-state index contributed by atoms with van der Waals surface area (Å²) >= 11 is 0. The van der Waals surface area contributed by atoms with Crippen molar-refractivity contribution >= 4 is 5.69 Å². The molecule has 0 aliphatic heterocycles. The van der Waals surface area contributed by atoms with E-state index < -0.39 is 0 Å². The third-order valence-corrected chi connectivity index (χ3v) is 3.05. The number of nitrogens with one attached hydrogen (secondary N) is 1. The lowest BCUT2D eigenvalue weighted by Gasteiger charge is -2.06. The predicted octanol–water partition coefficient (Wildman–Crippen LogP) is 3.66. The second-order valence-electron chi connectivity index (χ2n) is 4.54. The lowest BCUT2D eigenvalue weighted by atomic mass is 10.1. The van der Waals surface area contributed by atoms with Crippen LogP contribution in [0.1, 0.15) is 11.5 Å². The molecule has 3 aromatic rings. The maximum Gasteiger partial charge on any atom is 0.191 e. The summed E-state index contributed by atoms with van der Waals surface area (Å²) in [6.07, 6.45) is 5.27. The predicted molar refractivity (Wildman–Crippen MR) is 78.2 cm³/mol. The zero-order valence-electron chi connectivity index (χ0n) is 11.2. The average Bonchev–Trinajstić information content (AvgIpc) is 2.93. The molecule has 4 nitrogen and oxygen atoms in total. The van der Waals surface area contributed by atoms with Crippen LogP contribution in [-0.4, -0.2) is 9.97 Å². The molecule has 100 valence electrons. The van der Waals surface area contributed by atoms with Gasteiger partial charge in [0.2, 0.25) is 0 Å². The number of oxazole rings is 1. The zero-order valence-corrected chi connectivity index (χ0v) is 11.2. The van der Waals surface area contributed by atoms with Gasteiger partial charge in [-0.3, -0.25) is 4.98 Å². The smallest absolute Gasteiger partial charge is 0.191 e. The van der Waals surface area contributed by atoms with Gasteiger partial charge >= 0.3 is 0 Å². The Labute approximate surface area is 117 Å². The minimum Gasteiger partial charge on any atom is -0.449 e. The van der Waals surface area contributed by atoms with Crippen LogP contribution in [-0.2, 0) is 6.54 Å². The Morgan fingerprint density at radius 2 is 1.80 bits per heavy atom. The third kappa shape index (κ3) is 2.85. The first-order valence-electron chi connectivity index (χ1n) is 6.46. The number of hydrogen-bond acceptors (Lipinski definition) is 4. The fraction of sp³-hybridized carbons (Fsp3) is 0.125. The van der Waals surface area contributed by atoms with E-state index in [4.69, 9.17) is 4.42 Å². The van der Waals surface area contributed by atoms with Gasteiger partial charge in [0, 0.05) is 37.1 Å². The monoisotopic (exact) mass is 265 g/mol. The number of benzene rings is 1. The molecular formula is C16H15N3O. The second kappa shape index (κ2) is 5.57. The molecule has 1 aromatic carbocycles. The van der Waals surface area contributed by atoms with Gasteiger partial charge in [0.1, 0.15) is 12.0 Å². The molecule has 0 radical (unpaired) electrons. The number of hydrogen-bond donors (Lipinski definition) is 1. The van der Waals surface area contributed by atoms with Crippen LogP contribution < -0.4 is 5.32 Å². The molecule has 0 saturated carbocycles. The summed E-state index contributed by atoms with van der Waals surface area (Å²) in [5.41, 5.74) is 4.20. The van der Waals surface area contributed by atoms with Gasteiger partial charge in [-0.1, -0.05) is 12.1 Å². The maximum absolute atomic E-state index is 5.22. The van der Waals surface area contributed by atoms with Gasteiger partial charge in [-0.05, 0) is 29.8 Å². The molecule has 0 bridgehead atoms. The van der Waals surface area contributed by atoms with E-state index in [-0.39, 0.29) is 0 Å². The molecule has 3 rings (SSSR count). The van der Waals surface area contributed by atoms with Crippen molar-refractivity contribution in [1.29, 1.82) is 0 Å². The molecule has 0 amide bonds. The first-order valence-corrected chi connectivity index (χ1v) is 6.46. The van der Waals surface area contributed by atoms with Crippen LogP contribution in [0.2, 0.25) is 0 Å². The lowest BCUT2D eigenvalue weighted by Crippen LogP contribution is -1.98. The number of aromatic nitrogens is 2. The minimum absolute atomic E-state index is 0.680. The standard InChI is InChI=1S/C16H15N3O/c1-12-19-16(11-20-12)14-2-4-15(5-3-14)18-10-13-6-8-17-9-7-13/h2-9,11,18H,10H2,1H3. The van der Waals surface area contributed by atoms with Gasteiger partial charge in [0.15, 0.2) is 5.89 Å². The molecule has 20 heavy (non-hydrogen) atoms. The largest absolute Gasteiger partial charge is 0.449 e. The normalized spacial score (nSPS) is 10.4. The Morgan fingerprint density at radius 3 is 2.45 bits per heavy atom. The van der Waals surface area contributed by atoms with Crippen molar-refractivity contribution in [2.24, 2.45) is 0 Å². The first kappa shape index (κ1) is 12.4. The van der Waals surface area contributed by atoms with E-state index in [0.717, 1.165) is 23.5 Å². The van der Waals surface area contributed by atoms with Gasteiger partial charge in [-0.15, -0.1) is 0 Å². The van der Waals surface area contributed by atoms with E-state index in [9.17, 15) is 0 Å². The van der Waals surface area contributed by atoms with Crippen LogP contribution in [0, 0.1) is 6.92 Å². The summed E-state index contributed by atoms with van der Waals surface area (Å²) in [6.45, 7) is 2.62. The number of rotatable bonds is 4. The van der Waals surface area contributed by atoms with Crippen LogP contribution >= 0.6 is 0 Å². The van der Waals surface area contributed by atoms with Crippen molar-refractivity contribution in [2.45, 2.75) is 13.5 Å². The Balaban J connectivity index is 1.67. The van der Waals surface area contributed by atoms with E-state index in [1.165, 1.54) is 5.56 Å². The molecule has 2 aromatic heterocycles. The van der Waals surface area contributed by atoms with Crippen LogP contribution in [0.5, 0.6) is 0 Å². The Bertz CT molecular complexity index is 674. The lowest BCUT2D eigenvalue weighted by molar-refractivity contribution is 0.521. The van der Waals surface area contributed by atoms with E-state index in [0.29, 0.717) is 5.89 Å².